The summed E-state index contributed by atoms with van der Waals surface area (Å²) in [4.78, 5) is 15.8. The number of fused-ring (bicyclic) bond motifs is 1. The number of amides is 1. The number of carbonyl (C=O) groups excluding carboxylic acids is 1. The van der Waals surface area contributed by atoms with E-state index in [1.807, 2.05) is 38.1 Å². The van der Waals surface area contributed by atoms with Crippen molar-refractivity contribution in [1.82, 2.24) is 10.4 Å². The first-order valence-electron chi connectivity index (χ1n) is 7.25. The van der Waals surface area contributed by atoms with Gasteiger partial charge in [0.25, 0.3) is 0 Å². The molecule has 0 aliphatic carbocycles. The monoisotopic (exact) mass is 304 g/mol. The van der Waals surface area contributed by atoms with Crippen LogP contribution < -0.4 is 16.6 Å². The predicted octanol–water partition coefficient (Wildman–Crippen LogP) is 3.69. The lowest BCUT2D eigenvalue weighted by Gasteiger charge is -2.20. The van der Waals surface area contributed by atoms with Gasteiger partial charge in [0, 0.05) is 5.39 Å². The summed E-state index contributed by atoms with van der Waals surface area (Å²) in [5, 5.41) is 0.823. The van der Waals surface area contributed by atoms with Gasteiger partial charge >= 0.3 is 6.09 Å². The summed E-state index contributed by atoms with van der Waals surface area (Å²) in [7, 11) is 0. The average Bonchev–Trinajstić information content (AvgIpc) is 2.46. The summed E-state index contributed by atoms with van der Waals surface area (Å²) < 4.78 is 5.14. The molecule has 6 nitrogen and oxygen atoms in total. The van der Waals surface area contributed by atoms with E-state index < -0.39 is 11.7 Å². The molecule has 0 saturated heterocycles. The Morgan fingerprint density at radius 1 is 1.23 bits per heavy atom. The number of nitrogens with zero attached hydrogens (tertiary/aromatic N) is 1. The highest BCUT2D eigenvalue weighted by Crippen LogP contribution is 2.26. The van der Waals surface area contributed by atoms with E-state index in [1.165, 1.54) is 0 Å². The number of hydrazine groups is 1. The lowest BCUT2D eigenvalue weighted by molar-refractivity contribution is 0.0541. The van der Waals surface area contributed by atoms with Gasteiger partial charge in [0.05, 0.1) is 23.1 Å². The van der Waals surface area contributed by atoms with E-state index in [9.17, 15) is 4.79 Å². The second-order valence-corrected chi connectivity index (χ2v) is 5.36. The van der Waals surface area contributed by atoms with Gasteiger partial charge in [0.1, 0.15) is 5.60 Å². The van der Waals surface area contributed by atoms with E-state index in [4.69, 9.17) is 10.5 Å². The summed E-state index contributed by atoms with van der Waals surface area (Å²) in [5.74, 6) is 0. The van der Waals surface area contributed by atoms with E-state index in [0.717, 1.165) is 10.9 Å². The second-order valence-electron chi connectivity index (χ2n) is 5.36. The normalized spacial score (nSPS) is 10.4. The van der Waals surface area contributed by atoms with E-state index in [0.29, 0.717) is 11.4 Å². The minimum absolute atomic E-state index is 0.444. The first kappa shape index (κ1) is 17.6. The van der Waals surface area contributed by atoms with Crippen molar-refractivity contribution < 1.29 is 9.53 Å². The Kier molecular flexibility index (Phi) is 5.98. The van der Waals surface area contributed by atoms with Gasteiger partial charge in [-0.05, 0) is 26.8 Å². The lowest BCUT2D eigenvalue weighted by Crippen LogP contribution is -2.36. The number of carbonyl (C=O) groups is 1. The molecule has 22 heavy (non-hydrogen) atoms. The quantitative estimate of drug-likeness (QED) is 0.736. The first-order valence-corrected chi connectivity index (χ1v) is 7.25. The van der Waals surface area contributed by atoms with Gasteiger partial charge in [-0.3, -0.25) is 10.4 Å². The average molecular weight is 304 g/mol. The van der Waals surface area contributed by atoms with Crippen LogP contribution in [0.4, 0.5) is 16.2 Å². The molecule has 4 N–H and O–H groups in total. The van der Waals surface area contributed by atoms with Crippen molar-refractivity contribution >= 4 is 28.4 Å². The Balaban J connectivity index is 0.00000116. The molecule has 1 aromatic heterocycles. The van der Waals surface area contributed by atoms with Crippen molar-refractivity contribution in [3.05, 3.63) is 30.5 Å². The number of pyridine rings is 1. The van der Waals surface area contributed by atoms with Crippen LogP contribution in [0.2, 0.25) is 0 Å². The van der Waals surface area contributed by atoms with Crippen LogP contribution in [0.15, 0.2) is 30.5 Å². The number of ether oxygens (including phenoxy) is 1. The number of nitrogens with two attached hydrogens (primary N) is 1. The van der Waals surface area contributed by atoms with Crippen molar-refractivity contribution in [2.75, 3.05) is 11.2 Å². The maximum atomic E-state index is 11.6. The summed E-state index contributed by atoms with van der Waals surface area (Å²) in [5.41, 5.74) is 12.4. The molecule has 120 valence electrons. The molecule has 0 aliphatic rings. The van der Waals surface area contributed by atoms with Crippen LogP contribution in [-0.4, -0.2) is 16.7 Å². The minimum Gasteiger partial charge on any atom is -0.443 e. The van der Waals surface area contributed by atoms with Gasteiger partial charge < -0.3 is 10.5 Å². The SMILES string of the molecule is CC.CC(C)(C)OC(=O)NNc1c(N)cnc2ccccc12. The van der Waals surface area contributed by atoms with E-state index >= 15 is 0 Å². The molecular weight excluding hydrogens is 280 g/mol. The molecule has 1 heterocycles. The van der Waals surface area contributed by atoms with E-state index in [1.54, 1.807) is 27.0 Å². The predicted molar refractivity (Wildman–Crippen MR) is 90.5 cm³/mol. The van der Waals surface area contributed by atoms with Gasteiger partial charge in [0.2, 0.25) is 0 Å². The van der Waals surface area contributed by atoms with E-state index in [2.05, 4.69) is 15.8 Å². The lowest BCUT2D eigenvalue weighted by atomic mass is 10.2. The minimum atomic E-state index is -0.571. The molecule has 2 aromatic rings. The van der Waals surface area contributed by atoms with Crippen LogP contribution >= 0.6 is 0 Å². The number of nitrogen functional groups attached to an aromatic ring is 1. The van der Waals surface area contributed by atoms with Crippen LogP contribution in [0, 0.1) is 0 Å². The molecule has 1 amide bonds. The second kappa shape index (κ2) is 7.49. The number of nitrogens with one attached hydrogen (secondary N) is 2. The summed E-state index contributed by atoms with van der Waals surface area (Å²) in [6, 6.07) is 7.50. The zero-order chi connectivity index (χ0) is 16.8. The standard InChI is InChI=1S/C14H18N4O2.C2H6/c1-14(2,3)20-13(19)18-17-12-9-6-4-5-7-11(9)16-8-10(12)15;1-2/h4-8H,15H2,1-3H3,(H,16,17)(H,18,19);1-2H3. The number of benzene rings is 1. The van der Waals surface area contributed by atoms with Crippen LogP contribution in [0.3, 0.4) is 0 Å². The molecule has 0 saturated carbocycles. The highest BCUT2D eigenvalue weighted by atomic mass is 16.6. The van der Waals surface area contributed by atoms with Gasteiger partial charge in [-0.2, -0.15) is 0 Å². The van der Waals surface area contributed by atoms with Crippen molar-refractivity contribution in [2.45, 2.75) is 40.2 Å². The van der Waals surface area contributed by atoms with Crippen LogP contribution in [0.25, 0.3) is 10.9 Å². The maximum Gasteiger partial charge on any atom is 0.426 e. The number of rotatable bonds is 2. The van der Waals surface area contributed by atoms with Crippen LogP contribution in [0.5, 0.6) is 0 Å². The van der Waals surface area contributed by atoms with Crippen molar-refractivity contribution in [3.8, 4) is 0 Å². The molecule has 0 radical (unpaired) electrons. The van der Waals surface area contributed by atoms with Gasteiger partial charge in [-0.1, -0.05) is 32.0 Å². The Morgan fingerprint density at radius 2 is 1.86 bits per heavy atom. The topological polar surface area (TPSA) is 89.3 Å². The zero-order valence-corrected chi connectivity index (χ0v) is 13.7. The van der Waals surface area contributed by atoms with E-state index in [-0.39, 0.29) is 0 Å². The maximum absolute atomic E-state index is 11.6. The number of para-hydroxylation sites is 1. The molecular formula is C16H24N4O2. The highest BCUT2D eigenvalue weighted by molar-refractivity contribution is 5.97. The summed E-state index contributed by atoms with van der Waals surface area (Å²) in [6.45, 7) is 9.38. The Bertz CT molecular complexity index is 636. The first-order chi connectivity index (χ1) is 10.4. The molecule has 0 unspecified atom stereocenters. The molecule has 1 aromatic carbocycles. The summed E-state index contributed by atoms with van der Waals surface area (Å²) >= 11 is 0. The molecule has 0 bridgehead atoms. The van der Waals surface area contributed by atoms with Crippen LogP contribution in [-0.2, 0) is 4.74 Å². The summed E-state index contributed by atoms with van der Waals surface area (Å²) in [6.07, 6.45) is 0.972. The molecule has 0 fully saturated rings. The molecule has 0 aliphatic heterocycles. The van der Waals surface area contributed by atoms with Gasteiger partial charge in [-0.15, -0.1) is 0 Å². The van der Waals surface area contributed by atoms with Gasteiger partial charge in [-0.25, -0.2) is 10.2 Å². The largest absolute Gasteiger partial charge is 0.443 e. The Hall–Kier alpha value is -2.50. The zero-order valence-electron chi connectivity index (χ0n) is 13.7. The number of aromatic nitrogens is 1. The number of hydrogen-bond acceptors (Lipinski definition) is 5. The molecule has 0 spiro atoms. The Morgan fingerprint density at radius 3 is 2.50 bits per heavy atom. The fourth-order valence-electron chi connectivity index (χ4n) is 1.71. The van der Waals surface area contributed by atoms with Crippen LogP contribution in [0.1, 0.15) is 34.6 Å². The molecule has 2 rings (SSSR count). The third-order valence-corrected chi connectivity index (χ3v) is 2.49. The van der Waals surface area contributed by atoms with Crippen molar-refractivity contribution in [3.63, 3.8) is 0 Å². The fraction of sp³-hybridized carbons (Fsp3) is 0.375. The third kappa shape index (κ3) is 4.80. The molecule has 6 heteroatoms. The fourth-order valence-corrected chi connectivity index (χ4v) is 1.71. The number of hydrogen-bond donors (Lipinski definition) is 3. The highest BCUT2D eigenvalue weighted by Gasteiger charge is 2.16. The molecule has 0 atom stereocenters. The number of anilines is 2. The third-order valence-electron chi connectivity index (χ3n) is 2.49. The van der Waals surface area contributed by atoms with Gasteiger partial charge in [0.15, 0.2) is 0 Å². The smallest absolute Gasteiger partial charge is 0.426 e. The Labute approximate surface area is 131 Å². The van der Waals surface area contributed by atoms with Crippen molar-refractivity contribution in [2.24, 2.45) is 0 Å². The van der Waals surface area contributed by atoms with Crippen molar-refractivity contribution in [1.29, 1.82) is 0 Å².